The van der Waals surface area contributed by atoms with Crippen molar-refractivity contribution in [3.63, 3.8) is 0 Å². The van der Waals surface area contributed by atoms with E-state index in [9.17, 15) is 14.4 Å². The minimum atomic E-state index is -0.370. The number of carbonyl (C=O) groups is 3. The van der Waals surface area contributed by atoms with Gasteiger partial charge in [0, 0.05) is 43.9 Å². The molecule has 28 heavy (non-hydrogen) atoms. The largest absolute Gasteiger partial charge is 0.383 e. The summed E-state index contributed by atoms with van der Waals surface area (Å²) in [4.78, 5) is 38.2. The van der Waals surface area contributed by atoms with Crippen molar-refractivity contribution in [2.24, 2.45) is 5.92 Å². The van der Waals surface area contributed by atoms with Gasteiger partial charge in [0.15, 0.2) is 0 Å². The Bertz CT molecular complexity index is 718. The first-order valence-electron chi connectivity index (χ1n) is 9.80. The third-order valence-electron chi connectivity index (χ3n) is 5.23. The molecule has 1 aliphatic carbocycles. The average Bonchev–Trinajstić information content (AvgIpc) is 3.30. The number of likely N-dealkylation sites (tertiary alicyclic amines) is 1. The molecule has 1 aliphatic heterocycles. The molecule has 2 aliphatic rings. The summed E-state index contributed by atoms with van der Waals surface area (Å²) >= 11 is 0. The van der Waals surface area contributed by atoms with Crippen LogP contribution in [0.15, 0.2) is 24.3 Å². The predicted molar refractivity (Wildman–Crippen MR) is 106 cm³/mol. The van der Waals surface area contributed by atoms with Crippen LogP contribution < -0.4 is 16.0 Å². The molecule has 1 aromatic rings. The van der Waals surface area contributed by atoms with Crippen molar-refractivity contribution in [2.45, 2.75) is 38.1 Å². The maximum Gasteiger partial charge on any atom is 0.319 e. The number of nitrogens with zero attached hydrogens (tertiary/aromatic N) is 1. The van der Waals surface area contributed by atoms with Crippen LogP contribution in [0.25, 0.3) is 0 Å². The van der Waals surface area contributed by atoms with Crippen molar-refractivity contribution < 1.29 is 19.1 Å². The van der Waals surface area contributed by atoms with Gasteiger partial charge in [0.1, 0.15) is 0 Å². The minimum Gasteiger partial charge on any atom is -0.383 e. The molecule has 3 rings (SSSR count). The zero-order valence-corrected chi connectivity index (χ0v) is 16.2. The van der Waals surface area contributed by atoms with Crippen molar-refractivity contribution in [3.8, 4) is 0 Å². The number of nitrogens with one attached hydrogen (secondary N) is 3. The second-order valence-corrected chi connectivity index (χ2v) is 7.38. The van der Waals surface area contributed by atoms with Gasteiger partial charge in [0.2, 0.25) is 11.8 Å². The molecule has 0 bridgehead atoms. The topological polar surface area (TPSA) is 99.8 Å². The van der Waals surface area contributed by atoms with Crippen LogP contribution in [0, 0.1) is 5.92 Å². The van der Waals surface area contributed by atoms with Crippen molar-refractivity contribution in [2.75, 3.05) is 37.4 Å². The van der Waals surface area contributed by atoms with E-state index in [-0.39, 0.29) is 36.2 Å². The Labute approximate surface area is 165 Å². The van der Waals surface area contributed by atoms with Crippen molar-refractivity contribution in [1.29, 1.82) is 0 Å². The number of hydrogen-bond acceptors (Lipinski definition) is 4. The first-order chi connectivity index (χ1) is 13.5. The van der Waals surface area contributed by atoms with Gasteiger partial charge in [-0.05, 0) is 31.0 Å². The van der Waals surface area contributed by atoms with Crippen LogP contribution in [0.1, 0.15) is 32.1 Å². The van der Waals surface area contributed by atoms with E-state index in [1.807, 2.05) is 0 Å². The Balaban J connectivity index is 1.49. The highest BCUT2D eigenvalue weighted by molar-refractivity contribution is 5.95. The van der Waals surface area contributed by atoms with Gasteiger partial charge in [0.25, 0.3) is 0 Å². The highest BCUT2D eigenvalue weighted by atomic mass is 16.5. The summed E-state index contributed by atoms with van der Waals surface area (Å²) in [7, 11) is 1.59. The molecule has 0 spiro atoms. The van der Waals surface area contributed by atoms with Crippen LogP contribution in [0.4, 0.5) is 16.2 Å². The smallest absolute Gasteiger partial charge is 0.319 e. The summed E-state index contributed by atoms with van der Waals surface area (Å²) in [6.45, 7) is 1.48. The van der Waals surface area contributed by atoms with E-state index in [0.717, 1.165) is 25.7 Å². The van der Waals surface area contributed by atoms with E-state index in [1.54, 1.807) is 36.3 Å². The van der Waals surface area contributed by atoms with Crippen LogP contribution in [-0.4, -0.2) is 55.6 Å². The summed E-state index contributed by atoms with van der Waals surface area (Å²) in [6, 6.07) is 6.48. The van der Waals surface area contributed by atoms with E-state index >= 15 is 0 Å². The lowest BCUT2D eigenvalue weighted by molar-refractivity contribution is -0.128. The molecule has 4 amide bonds. The molecule has 152 valence electrons. The fourth-order valence-corrected chi connectivity index (χ4v) is 3.75. The van der Waals surface area contributed by atoms with Gasteiger partial charge in [-0.3, -0.25) is 9.59 Å². The van der Waals surface area contributed by atoms with E-state index in [0.29, 0.717) is 31.1 Å². The number of methoxy groups -OCH3 is 1. The highest BCUT2D eigenvalue weighted by Gasteiger charge is 2.30. The van der Waals surface area contributed by atoms with Gasteiger partial charge in [-0.15, -0.1) is 0 Å². The Morgan fingerprint density at radius 2 is 1.89 bits per heavy atom. The maximum absolute atomic E-state index is 12.3. The van der Waals surface area contributed by atoms with E-state index in [4.69, 9.17) is 4.74 Å². The summed E-state index contributed by atoms with van der Waals surface area (Å²) in [6.07, 6.45) is 4.37. The summed E-state index contributed by atoms with van der Waals surface area (Å²) in [5.74, 6) is 0.138. The van der Waals surface area contributed by atoms with E-state index in [1.165, 1.54) is 0 Å². The molecule has 1 saturated heterocycles. The first kappa shape index (κ1) is 20.1. The van der Waals surface area contributed by atoms with Gasteiger partial charge in [0.05, 0.1) is 12.6 Å². The van der Waals surface area contributed by atoms with Crippen molar-refractivity contribution >= 4 is 29.2 Å². The Kier molecular flexibility index (Phi) is 6.86. The molecule has 0 aromatic heterocycles. The van der Waals surface area contributed by atoms with Crippen LogP contribution in [-0.2, 0) is 14.3 Å². The van der Waals surface area contributed by atoms with Crippen LogP contribution in [0.2, 0.25) is 0 Å². The number of benzene rings is 1. The average molecular weight is 388 g/mol. The zero-order chi connectivity index (χ0) is 19.9. The Hall–Kier alpha value is -2.61. The van der Waals surface area contributed by atoms with Gasteiger partial charge < -0.3 is 25.6 Å². The van der Waals surface area contributed by atoms with Crippen LogP contribution in [0.3, 0.4) is 0 Å². The zero-order valence-electron chi connectivity index (χ0n) is 16.2. The van der Waals surface area contributed by atoms with Gasteiger partial charge in [-0.2, -0.15) is 0 Å². The standard InChI is InChI=1S/C20H28N4O4/c1-28-10-9-24-13-17(12-18(24)25)23-20(27)22-16-8-4-7-15(11-16)21-19(26)14-5-2-3-6-14/h4,7-8,11,14,17H,2-3,5-6,9-10,12-13H2,1H3,(H,21,26)(H2,22,23,27)/t17-/m1/s1. The predicted octanol–water partition coefficient (Wildman–Crippen LogP) is 2.18. The third-order valence-corrected chi connectivity index (χ3v) is 5.23. The SMILES string of the molecule is COCCN1C[C@H](NC(=O)Nc2cccc(NC(=O)C3CCCC3)c2)CC1=O. The number of urea groups is 1. The fourth-order valence-electron chi connectivity index (χ4n) is 3.75. The molecule has 1 atom stereocenters. The first-order valence-corrected chi connectivity index (χ1v) is 9.80. The lowest BCUT2D eigenvalue weighted by Gasteiger charge is -2.17. The minimum absolute atomic E-state index is 0.0129. The van der Waals surface area contributed by atoms with Gasteiger partial charge in [-0.1, -0.05) is 18.9 Å². The molecular weight excluding hydrogens is 360 g/mol. The highest BCUT2D eigenvalue weighted by Crippen LogP contribution is 2.26. The van der Waals surface area contributed by atoms with Crippen LogP contribution in [0.5, 0.6) is 0 Å². The molecule has 8 heteroatoms. The number of rotatable bonds is 7. The third kappa shape index (κ3) is 5.45. The Morgan fingerprint density at radius 1 is 1.18 bits per heavy atom. The quantitative estimate of drug-likeness (QED) is 0.667. The molecule has 3 N–H and O–H groups in total. The monoisotopic (exact) mass is 388 g/mol. The molecular formula is C20H28N4O4. The maximum atomic E-state index is 12.3. The van der Waals surface area contributed by atoms with Gasteiger partial charge in [-0.25, -0.2) is 4.79 Å². The summed E-state index contributed by atoms with van der Waals surface area (Å²) in [5.41, 5.74) is 1.25. The van der Waals surface area contributed by atoms with Crippen LogP contribution >= 0.6 is 0 Å². The summed E-state index contributed by atoms with van der Waals surface area (Å²) in [5, 5.41) is 8.53. The normalized spacial score (nSPS) is 19.7. The van der Waals surface area contributed by atoms with Crippen molar-refractivity contribution in [3.05, 3.63) is 24.3 Å². The fraction of sp³-hybridized carbons (Fsp3) is 0.550. The second-order valence-electron chi connectivity index (χ2n) is 7.38. The molecule has 1 saturated carbocycles. The number of amides is 4. The molecule has 8 nitrogen and oxygen atoms in total. The summed E-state index contributed by atoms with van der Waals surface area (Å²) < 4.78 is 4.99. The molecule has 0 radical (unpaired) electrons. The lowest BCUT2D eigenvalue weighted by atomic mass is 10.1. The lowest BCUT2D eigenvalue weighted by Crippen LogP contribution is -2.40. The number of ether oxygens (including phenoxy) is 1. The van der Waals surface area contributed by atoms with Crippen molar-refractivity contribution in [1.82, 2.24) is 10.2 Å². The number of anilines is 2. The number of carbonyl (C=O) groups excluding carboxylic acids is 3. The molecule has 2 fully saturated rings. The van der Waals surface area contributed by atoms with E-state index in [2.05, 4.69) is 16.0 Å². The Morgan fingerprint density at radius 3 is 2.61 bits per heavy atom. The molecule has 0 unspecified atom stereocenters. The second kappa shape index (κ2) is 9.54. The van der Waals surface area contributed by atoms with Gasteiger partial charge >= 0.3 is 6.03 Å². The molecule has 1 heterocycles. The molecule has 1 aromatic carbocycles. The van der Waals surface area contributed by atoms with E-state index < -0.39 is 0 Å². The number of hydrogen-bond donors (Lipinski definition) is 3.